The minimum Gasteiger partial charge on any atom is -0.497 e. The topological polar surface area (TPSA) is 92.3 Å². The molecule has 0 aliphatic rings. The number of nitrogens with one attached hydrogen (secondary N) is 1. The Labute approximate surface area is 159 Å². The van der Waals surface area contributed by atoms with Crippen molar-refractivity contribution in [2.45, 2.75) is 4.90 Å². The van der Waals surface area contributed by atoms with Crippen molar-refractivity contribution in [3.63, 3.8) is 0 Å². The number of ether oxygens (including phenoxy) is 5. The maximum atomic E-state index is 12.5. The average Bonchev–Trinajstić information content (AvgIpc) is 2.70. The molecule has 27 heavy (non-hydrogen) atoms. The van der Waals surface area contributed by atoms with E-state index in [1.54, 1.807) is 24.3 Å². The van der Waals surface area contributed by atoms with E-state index >= 15 is 0 Å². The smallest absolute Gasteiger partial charge is 0.244 e. The lowest BCUT2D eigenvalue weighted by molar-refractivity contribution is 0.315. The third-order valence-corrected chi connectivity index (χ3v) is 5.15. The molecule has 2 rings (SSSR count). The van der Waals surface area contributed by atoms with Crippen LogP contribution in [-0.4, -0.2) is 50.0 Å². The Morgan fingerprint density at radius 2 is 1.37 bits per heavy atom. The van der Waals surface area contributed by atoms with Gasteiger partial charge >= 0.3 is 0 Å². The summed E-state index contributed by atoms with van der Waals surface area (Å²) in [5.41, 5.74) is 0. The quantitative estimate of drug-likeness (QED) is 0.614. The Balaban J connectivity index is 2.00. The summed E-state index contributed by atoms with van der Waals surface area (Å²) >= 11 is 0. The maximum absolute atomic E-state index is 12.5. The third-order valence-electron chi connectivity index (χ3n) is 3.65. The molecule has 0 amide bonds. The Bertz CT molecular complexity index is 846. The highest BCUT2D eigenvalue weighted by molar-refractivity contribution is 7.89. The molecule has 148 valence electrons. The molecule has 0 bridgehead atoms. The number of rotatable bonds is 10. The summed E-state index contributed by atoms with van der Waals surface area (Å²) in [4.78, 5) is 0.0221. The molecule has 8 nitrogen and oxygen atoms in total. The van der Waals surface area contributed by atoms with Crippen LogP contribution in [0.2, 0.25) is 0 Å². The van der Waals surface area contributed by atoms with Crippen molar-refractivity contribution in [1.82, 2.24) is 4.72 Å². The largest absolute Gasteiger partial charge is 0.497 e. The van der Waals surface area contributed by atoms with E-state index < -0.39 is 10.0 Å². The summed E-state index contributed by atoms with van der Waals surface area (Å²) in [7, 11) is 2.19. The average molecular weight is 397 g/mol. The molecule has 0 unspecified atom stereocenters. The number of hydrogen-bond acceptors (Lipinski definition) is 7. The van der Waals surface area contributed by atoms with E-state index in [-0.39, 0.29) is 23.8 Å². The summed E-state index contributed by atoms with van der Waals surface area (Å²) in [5, 5.41) is 0. The van der Waals surface area contributed by atoms with Crippen LogP contribution < -0.4 is 28.4 Å². The van der Waals surface area contributed by atoms with Gasteiger partial charge in [0.05, 0.1) is 28.4 Å². The minimum atomic E-state index is -3.77. The molecule has 0 spiro atoms. The zero-order chi connectivity index (χ0) is 19.9. The van der Waals surface area contributed by atoms with Gasteiger partial charge in [0.2, 0.25) is 10.0 Å². The van der Waals surface area contributed by atoms with Crippen molar-refractivity contribution < 1.29 is 32.1 Å². The maximum Gasteiger partial charge on any atom is 0.244 e. The van der Waals surface area contributed by atoms with Crippen LogP contribution in [0, 0.1) is 0 Å². The van der Waals surface area contributed by atoms with Crippen LogP contribution in [0.15, 0.2) is 41.3 Å². The minimum absolute atomic E-state index is 0.0221. The molecule has 2 aromatic carbocycles. The molecule has 0 atom stereocenters. The highest BCUT2D eigenvalue weighted by Crippen LogP contribution is 2.29. The first-order valence-electron chi connectivity index (χ1n) is 8.01. The first-order chi connectivity index (χ1) is 12.9. The van der Waals surface area contributed by atoms with Gasteiger partial charge in [-0.05, 0) is 12.1 Å². The van der Waals surface area contributed by atoms with Gasteiger partial charge in [0.15, 0.2) is 0 Å². The number of benzene rings is 2. The number of sulfonamides is 1. The Kier molecular flexibility index (Phi) is 7.14. The molecular weight excluding hydrogens is 374 g/mol. The molecule has 1 N–H and O–H groups in total. The van der Waals surface area contributed by atoms with Gasteiger partial charge in [0.1, 0.15) is 40.2 Å². The standard InChI is InChI=1S/C18H23NO7S/c1-22-13-5-6-18(17(12-13)25-4)27(20,21)19-7-8-26-16-10-14(23-2)9-15(11-16)24-3/h5-6,9-12,19H,7-8H2,1-4H3. The van der Waals surface area contributed by atoms with Crippen LogP contribution in [0.3, 0.4) is 0 Å². The van der Waals surface area contributed by atoms with Gasteiger partial charge in [-0.1, -0.05) is 0 Å². The second kappa shape index (κ2) is 9.33. The molecule has 0 saturated heterocycles. The SMILES string of the molecule is COc1cc(OC)cc(OCCNS(=O)(=O)c2ccc(OC)cc2OC)c1. The van der Waals surface area contributed by atoms with E-state index in [4.69, 9.17) is 23.7 Å². The molecule has 2 aromatic rings. The molecule has 9 heteroatoms. The molecule has 0 fully saturated rings. The summed E-state index contributed by atoms with van der Waals surface area (Å²) < 4.78 is 53.6. The van der Waals surface area contributed by atoms with Crippen LogP contribution in [0.5, 0.6) is 28.7 Å². The first-order valence-corrected chi connectivity index (χ1v) is 9.49. The Hall–Kier alpha value is -2.65. The highest BCUT2D eigenvalue weighted by atomic mass is 32.2. The predicted octanol–water partition coefficient (Wildman–Crippen LogP) is 2.08. The lowest BCUT2D eigenvalue weighted by Crippen LogP contribution is -2.28. The van der Waals surface area contributed by atoms with Crippen molar-refractivity contribution in [2.24, 2.45) is 0 Å². The van der Waals surface area contributed by atoms with Gasteiger partial charge in [0.25, 0.3) is 0 Å². The van der Waals surface area contributed by atoms with E-state index in [2.05, 4.69) is 4.72 Å². The van der Waals surface area contributed by atoms with E-state index in [0.717, 1.165) is 0 Å². The van der Waals surface area contributed by atoms with Crippen molar-refractivity contribution in [2.75, 3.05) is 41.6 Å². The van der Waals surface area contributed by atoms with Gasteiger partial charge in [-0.2, -0.15) is 0 Å². The van der Waals surface area contributed by atoms with Crippen molar-refractivity contribution in [1.29, 1.82) is 0 Å². The van der Waals surface area contributed by atoms with Gasteiger partial charge in [0, 0.05) is 30.8 Å². The van der Waals surface area contributed by atoms with Gasteiger partial charge in [-0.25, -0.2) is 13.1 Å². The second-order valence-electron chi connectivity index (χ2n) is 5.31. The van der Waals surface area contributed by atoms with Gasteiger partial charge in [-0.3, -0.25) is 0 Å². The number of hydrogen-bond donors (Lipinski definition) is 1. The van der Waals surface area contributed by atoms with Crippen molar-refractivity contribution >= 4 is 10.0 Å². The third kappa shape index (κ3) is 5.41. The van der Waals surface area contributed by atoms with Gasteiger partial charge < -0.3 is 23.7 Å². The van der Waals surface area contributed by atoms with Crippen LogP contribution in [0.1, 0.15) is 0 Å². The first kappa shape index (κ1) is 20.7. The van der Waals surface area contributed by atoms with E-state index in [9.17, 15) is 8.42 Å². The van der Waals surface area contributed by atoms with E-state index in [0.29, 0.717) is 23.0 Å². The van der Waals surface area contributed by atoms with E-state index in [1.807, 2.05) is 0 Å². The summed E-state index contributed by atoms with van der Waals surface area (Å²) in [6, 6.07) is 9.57. The lowest BCUT2D eigenvalue weighted by atomic mass is 10.3. The molecule has 0 radical (unpaired) electrons. The van der Waals surface area contributed by atoms with Crippen LogP contribution in [0.4, 0.5) is 0 Å². The summed E-state index contributed by atoms with van der Waals surface area (Å²) in [6.45, 7) is 0.186. The number of methoxy groups -OCH3 is 4. The zero-order valence-corrected chi connectivity index (χ0v) is 16.5. The molecule has 0 aromatic heterocycles. The predicted molar refractivity (Wildman–Crippen MR) is 99.8 cm³/mol. The van der Waals surface area contributed by atoms with Crippen LogP contribution in [-0.2, 0) is 10.0 Å². The summed E-state index contributed by atoms with van der Waals surface area (Å²) in [5.74, 6) is 2.36. The summed E-state index contributed by atoms with van der Waals surface area (Å²) in [6.07, 6.45) is 0. The normalized spacial score (nSPS) is 11.0. The zero-order valence-electron chi connectivity index (χ0n) is 15.6. The van der Waals surface area contributed by atoms with Crippen molar-refractivity contribution in [3.05, 3.63) is 36.4 Å². The fourth-order valence-electron chi connectivity index (χ4n) is 2.28. The molecule has 0 aliphatic heterocycles. The Morgan fingerprint density at radius 1 is 0.778 bits per heavy atom. The van der Waals surface area contributed by atoms with Gasteiger partial charge in [-0.15, -0.1) is 0 Å². The molecule has 0 heterocycles. The molecule has 0 saturated carbocycles. The van der Waals surface area contributed by atoms with Crippen LogP contribution >= 0.6 is 0 Å². The van der Waals surface area contributed by atoms with Crippen molar-refractivity contribution in [3.8, 4) is 28.7 Å². The van der Waals surface area contributed by atoms with E-state index in [1.165, 1.54) is 40.6 Å². The lowest BCUT2D eigenvalue weighted by Gasteiger charge is -2.13. The monoisotopic (exact) mass is 397 g/mol. The molecular formula is C18H23NO7S. The Morgan fingerprint density at radius 3 is 1.93 bits per heavy atom. The van der Waals surface area contributed by atoms with Crippen LogP contribution in [0.25, 0.3) is 0 Å². The fraction of sp³-hybridized carbons (Fsp3) is 0.333. The molecule has 0 aliphatic carbocycles. The second-order valence-corrected chi connectivity index (χ2v) is 7.05. The highest BCUT2D eigenvalue weighted by Gasteiger charge is 2.19. The fourth-order valence-corrected chi connectivity index (χ4v) is 3.45.